The zero-order valence-corrected chi connectivity index (χ0v) is 14.6. The van der Waals surface area contributed by atoms with Gasteiger partial charge in [-0.15, -0.1) is 0 Å². The van der Waals surface area contributed by atoms with Crippen LogP contribution in [0.1, 0.15) is 22.8 Å². The molecule has 0 fully saturated rings. The van der Waals surface area contributed by atoms with Gasteiger partial charge < -0.3 is 14.2 Å². The van der Waals surface area contributed by atoms with Crippen molar-refractivity contribution in [2.45, 2.75) is 6.92 Å². The maximum absolute atomic E-state index is 11.6. The van der Waals surface area contributed by atoms with Crippen LogP contribution in [0.4, 0.5) is 0 Å². The van der Waals surface area contributed by atoms with Crippen LogP contribution >= 0.6 is 0 Å². The molecule has 0 saturated heterocycles. The number of esters is 1. The molecule has 0 N–H and O–H groups in total. The van der Waals surface area contributed by atoms with Gasteiger partial charge in [-0.05, 0) is 24.6 Å². The molecule has 0 spiro atoms. The number of methoxy groups -OCH3 is 3. The quantitative estimate of drug-likeness (QED) is 0.624. The summed E-state index contributed by atoms with van der Waals surface area (Å²) in [5.74, 6) is 0.581. The maximum atomic E-state index is 11.6. The summed E-state index contributed by atoms with van der Waals surface area (Å²) in [6.45, 7) is 5.68. The summed E-state index contributed by atoms with van der Waals surface area (Å²) in [5.41, 5.74) is 1.79. The zero-order chi connectivity index (χ0) is 13.0. The van der Waals surface area contributed by atoms with E-state index in [0.717, 1.165) is 5.57 Å². The molecule has 0 aliphatic carbocycles. The van der Waals surface area contributed by atoms with Crippen molar-refractivity contribution in [1.29, 1.82) is 0 Å². The number of benzene rings is 1. The predicted octanol–water partition coefficient (Wildman–Crippen LogP) is 2.14. The molecule has 1 rings (SSSR count). The third kappa shape index (κ3) is 3.58. The van der Waals surface area contributed by atoms with Gasteiger partial charge in [-0.2, -0.15) is 0 Å². The van der Waals surface area contributed by atoms with Crippen LogP contribution in [0.25, 0.3) is 5.57 Å². The van der Waals surface area contributed by atoms with Crippen LogP contribution in [0.2, 0.25) is 0 Å². The molecule has 18 heavy (non-hydrogen) atoms. The first kappa shape index (κ1) is 17.7. The summed E-state index contributed by atoms with van der Waals surface area (Å²) >= 11 is 0. The Morgan fingerprint density at radius 3 is 2.17 bits per heavy atom. The number of hydrogen-bond acceptors (Lipinski definition) is 4. The number of hydrogen-bond donors (Lipinski definition) is 0. The van der Waals surface area contributed by atoms with Crippen molar-refractivity contribution < 1.29 is 19.0 Å². The fourth-order valence-electron chi connectivity index (χ4n) is 1.62. The van der Waals surface area contributed by atoms with E-state index in [-0.39, 0.29) is 51.4 Å². The van der Waals surface area contributed by atoms with Gasteiger partial charge in [0, 0.05) is 51.4 Å². The molecule has 0 amide bonds. The second kappa shape index (κ2) is 7.96. The molecule has 1 aromatic carbocycles. The molecule has 0 aromatic heterocycles. The van der Waals surface area contributed by atoms with E-state index in [0.29, 0.717) is 22.6 Å². The minimum absolute atomic E-state index is 0. The molecular formula is C13H16KO4. The first-order chi connectivity index (χ1) is 8.06. The van der Waals surface area contributed by atoms with E-state index in [4.69, 9.17) is 14.2 Å². The van der Waals surface area contributed by atoms with Gasteiger partial charge in [0.1, 0.15) is 17.1 Å². The van der Waals surface area contributed by atoms with Crippen molar-refractivity contribution in [2.75, 3.05) is 21.3 Å². The molecule has 0 unspecified atom stereocenters. The third-order valence-electron chi connectivity index (χ3n) is 2.38. The van der Waals surface area contributed by atoms with Gasteiger partial charge in [0.15, 0.2) is 0 Å². The Morgan fingerprint density at radius 1 is 1.17 bits per heavy atom. The van der Waals surface area contributed by atoms with E-state index in [1.165, 1.54) is 14.2 Å². The number of allylic oxidation sites excluding steroid dienone is 1. The summed E-state index contributed by atoms with van der Waals surface area (Å²) in [4.78, 5) is 11.6. The van der Waals surface area contributed by atoms with E-state index in [1.54, 1.807) is 19.2 Å². The molecule has 0 aliphatic rings. The van der Waals surface area contributed by atoms with Crippen molar-refractivity contribution in [2.24, 2.45) is 0 Å². The van der Waals surface area contributed by atoms with E-state index >= 15 is 0 Å². The minimum Gasteiger partial charge on any atom is -0.496 e. The second-order valence-electron chi connectivity index (χ2n) is 3.50. The zero-order valence-electron chi connectivity index (χ0n) is 11.5. The number of carbonyl (C=O) groups is 1. The van der Waals surface area contributed by atoms with Crippen LogP contribution in [0.5, 0.6) is 11.5 Å². The van der Waals surface area contributed by atoms with Crippen LogP contribution in [0.3, 0.4) is 0 Å². The van der Waals surface area contributed by atoms with Gasteiger partial charge in [0.25, 0.3) is 0 Å². The molecule has 0 heterocycles. The van der Waals surface area contributed by atoms with Crippen molar-refractivity contribution >= 4 is 62.9 Å². The maximum Gasteiger partial charge on any atom is 0.341 e. The molecule has 4 nitrogen and oxygen atoms in total. The fraction of sp³-hybridized carbons (Fsp3) is 0.308. The molecule has 0 saturated carbocycles. The van der Waals surface area contributed by atoms with E-state index < -0.39 is 5.97 Å². The fourth-order valence-corrected chi connectivity index (χ4v) is 1.62. The Kier molecular flexibility index (Phi) is 7.81. The summed E-state index contributed by atoms with van der Waals surface area (Å²) in [6, 6.07) is 3.30. The van der Waals surface area contributed by atoms with Gasteiger partial charge in [0.05, 0.1) is 26.9 Å². The molecule has 0 atom stereocenters. The molecule has 1 radical (unpaired) electrons. The van der Waals surface area contributed by atoms with Crippen LogP contribution in [0, 0.1) is 0 Å². The monoisotopic (exact) mass is 275 g/mol. The topological polar surface area (TPSA) is 44.8 Å². The largest absolute Gasteiger partial charge is 0.496 e. The SMILES string of the molecule is C=C(C)c1c(OC)ccc(C(=O)OC)c1OC.[K]. The summed E-state index contributed by atoms with van der Waals surface area (Å²) in [7, 11) is 4.37. The summed E-state index contributed by atoms with van der Waals surface area (Å²) < 4.78 is 15.2. The van der Waals surface area contributed by atoms with Gasteiger partial charge in [0.2, 0.25) is 0 Å². The van der Waals surface area contributed by atoms with E-state index in [1.807, 2.05) is 6.92 Å². The van der Waals surface area contributed by atoms with Crippen LogP contribution in [0.15, 0.2) is 18.7 Å². The number of carbonyl (C=O) groups excluding carboxylic acids is 1. The summed E-state index contributed by atoms with van der Waals surface area (Å²) in [6.07, 6.45) is 0. The first-order valence-electron chi connectivity index (χ1n) is 5.06. The number of ether oxygens (including phenoxy) is 3. The van der Waals surface area contributed by atoms with E-state index in [9.17, 15) is 4.79 Å². The molecular weight excluding hydrogens is 259 g/mol. The van der Waals surface area contributed by atoms with Crippen LogP contribution in [-0.2, 0) is 4.74 Å². The Labute approximate surface area is 150 Å². The average Bonchev–Trinajstić information content (AvgIpc) is 2.35. The molecule has 93 valence electrons. The third-order valence-corrected chi connectivity index (χ3v) is 2.38. The predicted molar refractivity (Wildman–Crippen MR) is 71.3 cm³/mol. The Bertz CT molecular complexity index is 455. The van der Waals surface area contributed by atoms with Crippen LogP contribution in [-0.4, -0.2) is 78.7 Å². The van der Waals surface area contributed by atoms with Gasteiger partial charge in [-0.3, -0.25) is 0 Å². The molecule has 0 bridgehead atoms. The van der Waals surface area contributed by atoms with Gasteiger partial charge in [-0.1, -0.05) is 6.58 Å². The average molecular weight is 275 g/mol. The second-order valence-corrected chi connectivity index (χ2v) is 3.50. The van der Waals surface area contributed by atoms with Crippen LogP contribution < -0.4 is 9.47 Å². The summed E-state index contributed by atoms with van der Waals surface area (Å²) in [5, 5.41) is 0. The molecule has 5 heteroatoms. The Morgan fingerprint density at radius 2 is 1.78 bits per heavy atom. The normalized spacial score (nSPS) is 9.11. The smallest absolute Gasteiger partial charge is 0.341 e. The van der Waals surface area contributed by atoms with Gasteiger partial charge in [-0.25, -0.2) is 4.79 Å². The molecule has 0 aliphatic heterocycles. The van der Waals surface area contributed by atoms with Crippen molar-refractivity contribution in [1.82, 2.24) is 0 Å². The van der Waals surface area contributed by atoms with Crippen molar-refractivity contribution in [3.63, 3.8) is 0 Å². The Balaban J connectivity index is 0.00000289. The van der Waals surface area contributed by atoms with E-state index in [2.05, 4.69) is 6.58 Å². The van der Waals surface area contributed by atoms with Gasteiger partial charge >= 0.3 is 5.97 Å². The number of rotatable bonds is 4. The first-order valence-corrected chi connectivity index (χ1v) is 5.06. The Hall–Kier alpha value is -0.334. The van der Waals surface area contributed by atoms with Crippen molar-refractivity contribution in [3.05, 3.63) is 29.8 Å². The molecule has 1 aromatic rings. The standard InChI is InChI=1S/C13H16O4.K/c1-8(2)11-10(15-3)7-6-9(12(11)16-4)13(14)17-5;/h6-7H,1H2,2-5H3;. The van der Waals surface area contributed by atoms with Crippen molar-refractivity contribution in [3.8, 4) is 11.5 Å². The minimum atomic E-state index is -0.452.